The molecule has 1 aromatic heterocycles. The van der Waals surface area contributed by atoms with Crippen LogP contribution in [-0.2, 0) is 6.54 Å². The summed E-state index contributed by atoms with van der Waals surface area (Å²) in [4.78, 5) is 2.15. The summed E-state index contributed by atoms with van der Waals surface area (Å²) in [6, 6.07) is 12.6. The number of nitrogens with one attached hydrogen (secondary N) is 1. The number of hydrogen-bond donors (Lipinski definition) is 2. The van der Waals surface area contributed by atoms with Crippen molar-refractivity contribution in [2.45, 2.75) is 13.5 Å². The molecule has 102 valence electrons. The molecule has 0 amide bonds. The van der Waals surface area contributed by atoms with Gasteiger partial charge >= 0.3 is 0 Å². The minimum atomic E-state index is 0.772. The molecule has 0 radical (unpaired) electrons. The maximum absolute atomic E-state index is 6.14. The lowest BCUT2D eigenvalue weighted by Crippen LogP contribution is -2.17. The van der Waals surface area contributed by atoms with Gasteiger partial charge in [0.1, 0.15) is 0 Å². The summed E-state index contributed by atoms with van der Waals surface area (Å²) < 4.78 is 0. The average molecular weight is 266 g/mol. The molecular weight excluding hydrogens is 248 g/mol. The highest BCUT2D eigenvalue weighted by atomic mass is 15.1. The van der Waals surface area contributed by atoms with E-state index >= 15 is 0 Å². The number of anilines is 2. The predicted octanol–water partition coefficient (Wildman–Crippen LogP) is 3.09. The van der Waals surface area contributed by atoms with Crippen molar-refractivity contribution < 1.29 is 0 Å². The van der Waals surface area contributed by atoms with Crippen molar-refractivity contribution >= 4 is 22.3 Å². The Morgan fingerprint density at radius 3 is 2.70 bits per heavy atom. The SMILES string of the molecule is Cc1ccc(CN(C)c2cc3[nH]ncc3cc2N)cc1. The van der Waals surface area contributed by atoms with E-state index < -0.39 is 0 Å². The van der Waals surface area contributed by atoms with Crippen molar-refractivity contribution in [3.05, 3.63) is 53.7 Å². The molecule has 0 saturated heterocycles. The molecule has 3 rings (SSSR count). The van der Waals surface area contributed by atoms with E-state index in [0.29, 0.717) is 0 Å². The molecule has 2 aromatic carbocycles. The van der Waals surface area contributed by atoms with Crippen molar-refractivity contribution in [3.8, 4) is 0 Å². The van der Waals surface area contributed by atoms with E-state index in [-0.39, 0.29) is 0 Å². The molecule has 0 aliphatic rings. The Kier molecular flexibility index (Phi) is 3.06. The fourth-order valence-corrected chi connectivity index (χ4v) is 2.38. The Balaban J connectivity index is 1.89. The standard InChI is InChI=1S/C16H18N4/c1-11-3-5-12(6-4-11)10-20(2)16-8-15-13(7-14(16)17)9-18-19-15/h3-9H,10,17H2,1-2H3,(H,18,19). The first-order chi connectivity index (χ1) is 9.63. The second-order valence-corrected chi connectivity index (χ2v) is 5.21. The number of aromatic nitrogens is 2. The van der Waals surface area contributed by atoms with Crippen molar-refractivity contribution in [2.24, 2.45) is 0 Å². The van der Waals surface area contributed by atoms with Gasteiger partial charge in [-0.1, -0.05) is 29.8 Å². The highest BCUT2D eigenvalue weighted by molar-refractivity contribution is 5.88. The van der Waals surface area contributed by atoms with Gasteiger partial charge in [-0.3, -0.25) is 5.10 Å². The van der Waals surface area contributed by atoms with Gasteiger partial charge in [-0.2, -0.15) is 5.10 Å². The maximum atomic E-state index is 6.14. The largest absolute Gasteiger partial charge is 0.397 e. The third-order valence-electron chi connectivity index (χ3n) is 3.54. The minimum absolute atomic E-state index is 0.772. The summed E-state index contributed by atoms with van der Waals surface area (Å²) in [5.74, 6) is 0. The zero-order valence-electron chi connectivity index (χ0n) is 11.7. The molecule has 20 heavy (non-hydrogen) atoms. The van der Waals surface area contributed by atoms with E-state index in [2.05, 4.69) is 46.3 Å². The number of fused-ring (bicyclic) bond motifs is 1. The number of nitrogens with zero attached hydrogens (tertiary/aromatic N) is 2. The zero-order valence-corrected chi connectivity index (χ0v) is 11.7. The number of aromatic amines is 1. The number of aryl methyl sites for hydroxylation is 1. The van der Waals surface area contributed by atoms with Gasteiger partial charge < -0.3 is 10.6 Å². The molecule has 0 bridgehead atoms. The molecule has 4 nitrogen and oxygen atoms in total. The third-order valence-corrected chi connectivity index (χ3v) is 3.54. The Hall–Kier alpha value is -2.49. The predicted molar refractivity (Wildman–Crippen MR) is 83.8 cm³/mol. The lowest BCUT2D eigenvalue weighted by molar-refractivity contribution is 0.924. The van der Waals surface area contributed by atoms with Crippen molar-refractivity contribution in [2.75, 3.05) is 17.7 Å². The van der Waals surface area contributed by atoms with Gasteiger partial charge in [0.2, 0.25) is 0 Å². The van der Waals surface area contributed by atoms with Gasteiger partial charge in [-0.05, 0) is 24.6 Å². The van der Waals surface area contributed by atoms with Crippen LogP contribution in [0.3, 0.4) is 0 Å². The number of nitrogen functional groups attached to an aromatic ring is 1. The maximum Gasteiger partial charge on any atom is 0.0672 e. The summed E-state index contributed by atoms with van der Waals surface area (Å²) in [6.45, 7) is 2.92. The van der Waals surface area contributed by atoms with E-state index in [9.17, 15) is 0 Å². The van der Waals surface area contributed by atoms with Crippen LogP contribution in [0.4, 0.5) is 11.4 Å². The van der Waals surface area contributed by atoms with Crippen LogP contribution in [0.5, 0.6) is 0 Å². The van der Waals surface area contributed by atoms with E-state index in [0.717, 1.165) is 28.8 Å². The van der Waals surface area contributed by atoms with E-state index in [1.807, 2.05) is 19.2 Å². The van der Waals surface area contributed by atoms with Crippen LogP contribution in [0.15, 0.2) is 42.6 Å². The van der Waals surface area contributed by atoms with Gasteiger partial charge in [0, 0.05) is 19.0 Å². The highest BCUT2D eigenvalue weighted by Gasteiger charge is 2.09. The molecular formula is C16H18N4. The summed E-state index contributed by atoms with van der Waals surface area (Å²) in [6.07, 6.45) is 1.79. The van der Waals surface area contributed by atoms with Crippen LogP contribution in [0.2, 0.25) is 0 Å². The third kappa shape index (κ3) is 2.32. The summed E-state index contributed by atoms with van der Waals surface area (Å²) in [5, 5.41) is 8.06. The quantitative estimate of drug-likeness (QED) is 0.716. The average Bonchev–Trinajstić information content (AvgIpc) is 2.87. The Morgan fingerprint density at radius 1 is 1.20 bits per heavy atom. The second kappa shape index (κ2) is 4.89. The van der Waals surface area contributed by atoms with E-state index in [1.54, 1.807) is 6.20 Å². The zero-order chi connectivity index (χ0) is 14.1. The number of H-pyrrole nitrogens is 1. The number of nitrogens with two attached hydrogens (primary N) is 1. The Labute approximate surface area is 118 Å². The minimum Gasteiger partial charge on any atom is -0.397 e. The number of benzene rings is 2. The molecule has 1 heterocycles. The Bertz CT molecular complexity index is 728. The number of hydrogen-bond acceptors (Lipinski definition) is 3. The first-order valence-electron chi connectivity index (χ1n) is 6.63. The monoisotopic (exact) mass is 266 g/mol. The topological polar surface area (TPSA) is 57.9 Å². The van der Waals surface area contributed by atoms with Gasteiger partial charge in [-0.25, -0.2) is 0 Å². The molecule has 4 heteroatoms. The summed E-state index contributed by atoms with van der Waals surface area (Å²) >= 11 is 0. The lowest BCUT2D eigenvalue weighted by Gasteiger charge is -2.21. The van der Waals surface area contributed by atoms with Crippen LogP contribution in [0.1, 0.15) is 11.1 Å². The van der Waals surface area contributed by atoms with Gasteiger partial charge in [0.15, 0.2) is 0 Å². The molecule has 0 fully saturated rings. The van der Waals surface area contributed by atoms with Gasteiger partial charge in [0.25, 0.3) is 0 Å². The molecule has 0 atom stereocenters. The summed E-state index contributed by atoms with van der Waals surface area (Å²) in [5.41, 5.74) is 11.5. The number of rotatable bonds is 3. The molecule has 0 aliphatic heterocycles. The molecule has 0 spiro atoms. The van der Waals surface area contributed by atoms with Crippen LogP contribution in [-0.4, -0.2) is 17.2 Å². The van der Waals surface area contributed by atoms with E-state index in [1.165, 1.54) is 11.1 Å². The van der Waals surface area contributed by atoms with E-state index in [4.69, 9.17) is 5.73 Å². The van der Waals surface area contributed by atoms with Gasteiger partial charge in [-0.15, -0.1) is 0 Å². The molecule has 0 saturated carbocycles. The van der Waals surface area contributed by atoms with Crippen molar-refractivity contribution in [1.29, 1.82) is 0 Å². The molecule has 3 aromatic rings. The van der Waals surface area contributed by atoms with Gasteiger partial charge in [0.05, 0.1) is 23.1 Å². The van der Waals surface area contributed by atoms with Crippen LogP contribution in [0, 0.1) is 6.92 Å². The molecule has 0 unspecified atom stereocenters. The normalized spacial score (nSPS) is 10.9. The van der Waals surface area contributed by atoms with Crippen molar-refractivity contribution in [1.82, 2.24) is 10.2 Å². The lowest BCUT2D eigenvalue weighted by atomic mass is 10.1. The fourth-order valence-electron chi connectivity index (χ4n) is 2.38. The molecule has 3 N–H and O–H groups in total. The first-order valence-corrected chi connectivity index (χ1v) is 6.63. The smallest absolute Gasteiger partial charge is 0.0672 e. The van der Waals surface area contributed by atoms with Crippen LogP contribution in [0.25, 0.3) is 10.9 Å². The second-order valence-electron chi connectivity index (χ2n) is 5.21. The van der Waals surface area contributed by atoms with Crippen molar-refractivity contribution in [3.63, 3.8) is 0 Å². The summed E-state index contributed by atoms with van der Waals surface area (Å²) in [7, 11) is 2.05. The Morgan fingerprint density at radius 2 is 1.95 bits per heavy atom. The fraction of sp³-hybridized carbons (Fsp3) is 0.188. The molecule has 0 aliphatic carbocycles. The van der Waals surface area contributed by atoms with Crippen LogP contribution < -0.4 is 10.6 Å². The highest BCUT2D eigenvalue weighted by Crippen LogP contribution is 2.28. The van der Waals surface area contributed by atoms with Crippen LogP contribution >= 0.6 is 0 Å². The first kappa shape index (κ1) is 12.5.